The van der Waals surface area contributed by atoms with Crippen molar-refractivity contribution in [3.05, 3.63) is 0 Å². The summed E-state index contributed by atoms with van der Waals surface area (Å²) in [5, 5.41) is 19.5. The van der Waals surface area contributed by atoms with Gasteiger partial charge in [0.2, 0.25) is 0 Å². The lowest BCUT2D eigenvalue weighted by atomic mass is 9.85. The molecule has 0 radical (unpaired) electrons. The molecule has 0 aliphatic rings. The molecule has 0 rings (SSSR count). The molecular weight excluding hydrogens is 220 g/mol. The zero-order valence-electron chi connectivity index (χ0n) is 11.8. The first-order valence-electron chi connectivity index (χ1n) is 6.00. The van der Waals surface area contributed by atoms with Gasteiger partial charge in [-0.1, -0.05) is 20.8 Å². The Morgan fingerprint density at radius 2 is 1.59 bits per heavy atom. The summed E-state index contributed by atoms with van der Waals surface area (Å²) in [6.45, 7) is 11.0. The summed E-state index contributed by atoms with van der Waals surface area (Å²) in [6.07, 6.45) is -1.40. The van der Waals surface area contributed by atoms with Gasteiger partial charge in [0.15, 0.2) is 0 Å². The molecule has 0 aliphatic heterocycles. The van der Waals surface area contributed by atoms with Crippen LogP contribution in [0.3, 0.4) is 0 Å². The van der Waals surface area contributed by atoms with Crippen LogP contribution in [0, 0.1) is 5.41 Å². The summed E-state index contributed by atoms with van der Waals surface area (Å²) >= 11 is 0. The molecule has 0 aromatic carbocycles. The largest absolute Gasteiger partial charge is 0.460 e. The molecule has 0 fully saturated rings. The standard InChI is InChI=1S/C13H26O4/c1-12(2,3)10(15)7-9(14)8-11(16)17-13(4,5)6/h9-10,14-15H,7-8H2,1-6H3/t9-,10-/m0/s1. The Bertz CT molecular complexity index is 247. The van der Waals surface area contributed by atoms with Gasteiger partial charge in [-0.3, -0.25) is 4.79 Å². The number of hydrogen-bond donors (Lipinski definition) is 2. The molecule has 0 unspecified atom stereocenters. The minimum Gasteiger partial charge on any atom is -0.460 e. The average molecular weight is 246 g/mol. The van der Waals surface area contributed by atoms with E-state index in [4.69, 9.17) is 4.74 Å². The van der Waals surface area contributed by atoms with Crippen LogP contribution in [0.1, 0.15) is 54.4 Å². The molecule has 0 heterocycles. The first kappa shape index (κ1) is 16.4. The first-order valence-corrected chi connectivity index (χ1v) is 6.00. The Labute approximate surface area is 104 Å². The number of aliphatic hydroxyl groups is 2. The van der Waals surface area contributed by atoms with Gasteiger partial charge >= 0.3 is 5.97 Å². The summed E-state index contributed by atoms with van der Waals surface area (Å²) in [6, 6.07) is 0. The second-order valence-corrected chi connectivity index (χ2v) is 6.56. The maximum absolute atomic E-state index is 11.4. The Kier molecular flexibility index (Phi) is 5.62. The number of carbonyl (C=O) groups is 1. The topological polar surface area (TPSA) is 66.8 Å². The molecular formula is C13H26O4. The molecule has 4 heteroatoms. The number of esters is 1. The highest BCUT2D eigenvalue weighted by Crippen LogP contribution is 2.23. The van der Waals surface area contributed by atoms with Gasteiger partial charge in [-0.15, -0.1) is 0 Å². The highest BCUT2D eigenvalue weighted by atomic mass is 16.6. The van der Waals surface area contributed by atoms with Crippen molar-refractivity contribution in [3.63, 3.8) is 0 Å². The average Bonchev–Trinajstić information content (AvgIpc) is 1.96. The number of carbonyl (C=O) groups excluding carboxylic acids is 1. The molecule has 0 bridgehead atoms. The van der Waals surface area contributed by atoms with Crippen molar-refractivity contribution in [2.75, 3.05) is 0 Å². The Hall–Kier alpha value is -0.610. The predicted octanol–water partition coefficient (Wildman–Crippen LogP) is 1.88. The third-order valence-corrected chi connectivity index (χ3v) is 2.32. The van der Waals surface area contributed by atoms with Crippen molar-refractivity contribution in [1.82, 2.24) is 0 Å². The van der Waals surface area contributed by atoms with Crippen LogP contribution in [0.2, 0.25) is 0 Å². The SMILES string of the molecule is CC(C)(C)OC(=O)C[C@@H](O)C[C@H](O)C(C)(C)C. The van der Waals surface area contributed by atoms with E-state index in [9.17, 15) is 15.0 Å². The molecule has 0 aromatic rings. The summed E-state index contributed by atoms with van der Waals surface area (Å²) in [5.41, 5.74) is -0.839. The number of hydrogen-bond acceptors (Lipinski definition) is 4. The maximum atomic E-state index is 11.4. The van der Waals surface area contributed by atoms with Gasteiger partial charge in [-0.25, -0.2) is 0 Å². The van der Waals surface area contributed by atoms with Crippen LogP contribution >= 0.6 is 0 Å². The fourth-order valence-electron chi connectivity index (χ4n) is 1.27. The zero-order chi connectivity index (χ0) is 13.9. The van der Waals surface area contributed by atoms with Crippen LogP contribution in [-0.4, -0.2) is 34.0 Å². The zero-order valence-corrected chi connectivity index (χ0v) is 11.8. The predicted molar refractivity (Wildman–Crippen MR) is 66.5 cm³/mol. The highest BCUT2D eigenvalue weighted by molar-refractivity contribution is 5.70. The van der Waals surface area contributed by atoms with Gasteiger partial charge in [-0.05, 0) is 26.2 Å². The summed E-state index contributed by atoms with van der Waals surface area (Å²) < 4.78 is 5.09. The van der Waals surface area contributed by atoms with Crippen LogP contribution in [0.5, 0.6) is 0 Å². The van der Waals surface area contributed by atoms with E-state index in [0.29, 0.717) is 0 Å². The summed E-state index contributed by atoms with van der Waals surface area (Å²) in [4.78, 5) is 11.4. The van der Waals surface area contributed by atoms with Crippen molar-refractivity contribution in [2.45, 2.75) is 72.2 Å². The molecule has 0 spiro atoms. The Morgan fingerprint density at radius 3 is 1.94 bits per heavy atom. The Morgan fingerprint density at radius 1 is 1.12 bits per heavy atom. The van der Waals surface area contributed by atoms with E-state index < -0.39 is 23.8 Å². The molecule has 0 amide bonds. The van der Waals surface area contributed by atoms with Gasteiger partial charge < -0.3 is 14.9 Å². The summed E-state index contributed by atoms with van der Waals surface area (Å²) in [7, 11) is 0. The fraction of sp³-hybridized carbons (Fsp3) is 0.923. The molecule has 2 N–H and O–H groups in total. The first-order chi connectivity index (χ1) is 7.42. The highest BCUT2D eigenvalue weighted by Gasteiger charge is 2.27. The number of ether oxygens (including phenoxy) is 1. The van der Waals surface area contributed by atoms with E-state index in [1.807, 2.05) is 20.8 Å². The van der Waals surface area contributed by atoms with Crippen LogP contribution in [0.15, 0.2) is 0 Å². The van der Waals surface area contributed by atoms with E-state index >= 15 is 0 Å². The lowest BCUT2D eigenvalue weighted by molar-refractivity contribution is -0.157. The van der Waals surface area contributed by atoms with Gasteiger partial charge in [0, 0.05) is 6.42 Å². The van der Waals surface area contributed by atoms with E-state index in [-0.39, 0.29) is 18.3 Å². The van der Waals surface area contributed by atoms with Crippen LogP contribution in [0.4, 0.5) is 0 Å². The molecule has 17 heavy (non-hydrogen) atoms. The third kappa shape index (κ3) is 8.16. The molecule has 0 saturated heterocycles. The van der Waals surface area contributed by atoms with E-state index in [2.05, 4.69) is 0 Å². The lowest BCUT2D eigenvalue weighted by Crippen LogP contribution is -2.32. The monoisotopic (exact) mass is 246 g/mol. The van der Waals surface area contributed by atoms with Crippen LogP contribution in [-0.2, 0) is 9.53 Å². The maximum Gasteiger partial charge on any atom is 0.308 e. The number of aliphatic hydroxyl groups excluding tert-OH is 2. The van der Waals surface area contributed by atoms with E-state index in [0.717, 1.165) is 0 Å². The van der Waals surface area contributed by atoms with E-state index in [1.165, 1.54) is 0 Å². The second-order valence-electron chi connectivity index (χ2n) is 6.56. The Balaban J connectivity index is 4.11. The molecule has 2 atom stereocenters. The van der Waals surface area contributed by atoms with Crippen molar-refractivity contribution in [2.24, 2.45) is 5.41 Å². The number of rotatable bonds is 4. The lowest BCUT2D eigenvalue weighted by Gasteiger charge is -2.28. The minimum absolute atomic E-state index is 0.0790. The quantitative estimate of drug-likeness (QED) is 0.743. The molecule has 0 saturated carbocycles. The van der Waals surface area contributed by atoms with Crippen molar-refractivity contribution >= 4 is 5.97 Å². The molecule has 102 valence electrons. The molecule has 4 nitrogen and oxygen atoms in total. The fourth-order valence-corrected chi connectivity index (χ4v) is 1.27. The van der Waals surface area contributed by atoms with Crippen LogP contribution < -0.4 is 0 Å². The molecule has 0 aliphatic carbocycles. The minimum atomic E-state index is -0.862. The third-order valence-electron chi connectivity index (χ3n) is 2.32. The van der Waals surface area contributed by atoms with Crippen molar-refractivity contribution in [3.8, 4) is 0 Å². The van der Waals surface area contributed by atoms with E-state index in [1.54, 1.807) is 20.8 Å². The second kappa shape index (κ2) is 5.83. The normalized spacial score (nSPS) is 16.5. The van der Waals surface area contributed by atoms with Crippen molar-refractivity contribution in [1.29, 1.82) is 0 Å². The van der Waals surface area contributed by atoms with Crippen molar-refractivity contribution < 1.29 is 19.7 Å². The van der Waals surface area contributed by atoms with Gasteiger partial charge in [-0.2, -0.15) is 0 Å². The summed E-state index contributed by atoms with van der Waals surface area (Å²) in [5.74, 6) is -0.439. The van der Waals surface area contributed by atoms with Crippen LogP contribution in [0.25, 0.3) is 0 Å². The van der Waals surface area contributed by atoms with Gasteiger partial charge in [0.25, 0.3) is 0 Å². The van der Waals surface area contributed by atoms with Gasteiger partial charge in [0.05, 0.1) is 18.6 Å². The molecule has 0 aromatic heterocycles. The smallest absolute Gasteiger partial charge is 0.308 e. The van der Waals surface area contributed by atoms with Gasteiger partial charge in [0.1, 0.15) is 5.60 Å².